The predicted octanol–water partition coefficient (Wildman–Crippen LogP) is 4.86. The van der Waals surface area contributed by atoms with Crippen LogP contribution < -0.4 is 0 Å². The van der Waals surface area contributed by atoms with E-state index in [1.165, 1.54) is 24.0 Å². The quantitative estimate of drug-likeness (QED) is 0.357. The molecule has 0 amide bonds. The summed E-state index contributed by atoms with van der Waals surface area (Å²) in [4.78, 5) is 0. The molecule has 0 radical (unpaired) electrons. The molecule has 0 aliphatic heterocycles. The van der Waals surface area contributed by atoms with Crippen molar-refractivity contribution in [3.63, 3.8) is 0 Å². The molecule has 0 fully saturated rings. The second-order valence-electron chi connectivity index (χ2n) is 3.52. The summed E-state index contributed by atoms with van der Waals surface area (Å²) in [5.74, 6) is 0. The van der Waals surface area contributed by atoms with E-state index >= 15 is 0 Å². The molecule has 0 aliphatic carbocycles. The summed E-state index contributed by atoms with van der Waals surface area (Å²) in [5, 5.41) is 0. The van der Waals surface area contributed by atoms with Crippen LogP contribution in [0.3, 0.4) is 0 Å². The van der Waals surface area contributed by atoms with Gasteiger partial charge in [-0.15, -0.1) is 25.7 Å². The van der Waals surface area contributed by atoms with Gasteiger partial charge >= 0.3 is 34.1 Å². The molecule has 0 aromatic carbocycles. The van der Waals surface area contributed by atoms with Crippen molar-refractivity contribution in [3.05, 3.63) is 23.3 Å². The van der Waals surface area contributed by atoms with Gasteiger partial charge in [-0.25, -0.2) is 0 Å². The number of rotatable bonds is 7. The smallest absolute Gasteiger partial charge is 0.373 e. The monoisotopic (exact) mass is 318 g/mol. The summed E-state index contributed by atoms with van der Waals surface area (Å²) >= 11 is 0. The van der Waals surface area contributed by atoms with Crippen LogP contribution in [-0.2, 0) is 34.1 Å². The van der Waals surface area contributed by atoms with Gasteiger partial charge in [-0.05, 0) is 0 Å². The normalized spacial score (nSPS) is 11.8. The van der Waals surface area contributed by atoms with E-state index in [1.54, 1.807) is 0 Å². The molecular formula is C14H24Cu2. The van der Waals surface area contributed by atoms with Crippen LogP contribution in [-0.4, -0.2) is 0 Å². The molecule has 0 heterocycles. The molecule has 0 atom stereocenters. The van der Waals surface area contributed by atoms with Crippen LogP contribution in [0.2, 0.25) is 0 Å². The van der Waals surface area contributed by atoms with E-state index in [4.69, 9.17) is 0 Å². The van der Waals surface area contributed by atoms with E-state index in [2.05, 4.69) is 39.8 Å². The van der Waals surface area contributed by atoms with Gasteiger partial charge in [-0.3, -0.25) is 0 Å². The van der Waals surface area contributed by atoms with Crippen molar-refractivity contribution in [2.75, 3.05) is 0 Å². The predicted molar refractivity (Wildman–Crippen MR) is 63.9 cm³/mol. The molecule has 0 aromatic rings. The van der Waals surface area contributed by atoms with Gasteiger partial charge in [0.15, 0.2) is 0 Å². The number of unbranched alkanes of at least 4 members (excludes halogenated alkanes) is 1. The zero-order valence-corrected chi connectivity index (χ0v) is 12.7. The van der Waals surface area contributed by atoms with Crippen molar-refractivity contribution < 1.29 is 34.1 Å². The molecule has 102 valence electrons. The zero-order chi connectivity index (χ0) is 10.8. The Bertz CT molecular complexity index is 193. The second kappa shape index (κ2) is 15.5. The molecule has 0 N–H and O–H groups in total. The molecule has 0 aliphatic rings. The van der Waals surface area contributed by atoms with Crippen LogP contribution in [0, 0.1) is 12.2 Å². The topological polar surface area (TPSA) is 0 Å². The van der Waals surface area contributed by atoms with Crippen molar-refractivity contribution in [3.8, 4) is 0 Å². The fraction of sp³-hybridized carbons (Fsp3) is 0.714. The van der Waals surface area contributed by atoms with Gasteiger partial charge in [0.25, 0.3) is 0 Å². The average molecular weight is 319 g/mol. The van der Waals surface area contributed by atoms with Crippen molar-refractivity contribution in [2.45, 2.75) is 66.2 Å². The maximum absolute atomic E-state index is 3.52. The average Bonchev–Trinajstić information content (AvgIpc) is 2.21. The molecule has 0 nitrogen and oxygen atoms in total. The largest absolute Gasteiger partial charge is 1.00 e. The summed E-state index contributed by atoms with van der Waals surface area (Å²) in [5.41, 5.74) is 2.81. The Hall–Kier alpha value is 0.519. The van der Waals surface area contributed by atoms with Gasteiger partial charge in [0.1, 0.15) is 0 Å². The van der Waals surface area contributed by atoms with E-state index in [0.29, 0.717) is 0 Å². The first-order chi connectivity index (χ1) is 6.79. The molecule has 0 saturated heterocycles. The Morgan fingerprint density at radius 3 is 1.81 bits per heavy atom. The van der Waals surface area contributed by atoms with Gasteiger partial charge in [-0.1, -0.05) is 40.5 Å². The van der Waals surface area contributed by atoms with E-state index in [9.17, 15) is 0 Å². The van der Waals surface area contributed by atoms with Crippen LogP contribution in [0.5, 0.6) is 0 Å². The summed E-state index contributed by atoms with van der Waals surface area (Å²) in [7, 11) is 0. The first kappa shape index (κ1) is 21.8. The van der Waals surface area contributed by atoms with Gasteiger partial charge in [0.2, 0.25) is 0 Å². The van der Waals surface area contributed by atoms with Crippen LogP contribution in [0.1, 0.15) is 66.2 Å². The number of hydrogen-bond donors (Lipinski definition) is 0. The molecule has 0 saturated carbocycles. The summed E-state index contributed by atoms with van der Waals surface area (Å²) < 4.78 is 0. The van der Waals surface area contributed by atoms with Gasteiger partial charge in [0.05, 0.1) is 0 Å². The SMILES string of the molecule is CC[C-]=C(CC)C(=[C-]CCC)CCC.[Cu+].[Cu+]. The van der Waals surface area contributed by atoms with E-state index in [1.807, 2.05) is 0 Å². The Morgan fingerprint density at radius 1 is 0.812 bits per heavy atom. The first-order valence-electron chi connectivity index (χ1n) is 5.99. The molecule has 0 rings (SSSR count). The van der Waals surface area contributed by atoms with Gasteiger partial charge in [-0.2, -0.15) is 0 Å². The molecule has 16 heavy (non-hydrogen) atoms. The zero-order valence-electron chi connectivity index (χ0n) is 10.8. The minimum Gasteiger partial charge on any atom is -0.373 e. The fourth-order valence-electron chi connectivity index (χ4n) is 1.53. The first-order valence-corrected chi connectivity index (χ1v) is 5.99. The number of hydrogen-bond acceptors (Lipinski definition) is 0. The maximum atomic E-state index is 3.52. The van der Waals surface area contributed by atoms with Crippen molar-refractivity contribution in [1.29, 1.82) is 0 Å². The molecule has 0 unspecified atom stereocenters. The molecule has 0 spiro atoms. The van der Waals surface area contributed by atoms with E-state index in [0.717, 1.165) is 25.7 Å². The number of allylic oxidation sites excluding steroid dienone is 4. The standard InChI is InChI=1S/C14H24.2Cu/c1-5-9-12-14(11-7-3)13(8-4)10-6-2;;/h5-9,11H2,1-4H3;;/q-2;2*+1. The Kier molecular flexibility index (Phi) is 21.1. The third kappa shape index (κ3) is 9.72. The molecule has 0 bridgehead atoms. The Morgan fingerprint density at radius 2 is 1.44 bits per heavy atom. The van der Waals surface area contributed by atoms with Gasteiger partial charge in [0, 0.05) is 0 Å². The third-order valence-electron chi connectivity index (χ3n) is 2.20. The van der Waals surface area contributed by atoms with Crippen LogP contribution in [0.4, 0.5) is 0 Å². The second-order valence-corrected chi connectivity index (χ2v) is 3.52. The van der Waals surface area contributed by atoms with Gasteiger partial charge < -0.3 is 23.3 Å². The summed E-state index contributed by atoms with van der Waals surface area (Å²) in [6.45, 7) is 8.79. The molecule has 2 heteroatoms. The van der Waals surface area contributed by atoms with E-state index in [-0.39, 0.29) is 34.1 Å². The molecule has 0 aromatic heterocycles. The Labute approximate surface area is 123 Å². The summed E-state index contributed by atoms with van der Waals surface area (Å²) in [6.07, 6.45) is 13.7. The maximum Gasteiger partial charge on any atom is 1.00 e. The third-order valence-corrected chi connectivity index (χ3v) is 2.20. The fourth-order valence-corrected chi connectivity index (χ4v) is 1.53. The minimum absolute atomic E-state index is 0. The van der Waals surface area contributed by atoms with E-state index < -0.39 is 0 Å². The van der Waals surface area contributed by atoms with Crippen LogP contribution in [0.25, 0.3) is 0 Å². The molecular weight excluding hydrogens is 295 g/mol. The van der Waals surface area contributed by atoms with Crippen molar-refractivity contribution >= 4 is 0 Å². The van der Waals surface area contributed by atoms with Crippen molar-refractivity contribution in [1.82, 2.24) is 0 Å². The van der Waals surface area contributed by atoms with Crippen molar-refractivity contribution in [2.24, 2.45) is 0 Å². The van der Waals surface area contributed by atoms with Crippen LogP contribution >= 0.6 is 0 Å². The summed E-state index contributed by atoms with van der Waals surface area (Å²) in [6, 6.07) is 0. The minimum atomic E-state index is 0. The van der Waals surface area contributed by atoms with Crippen LogP contribution in [0.15, 0.2) is 11.1 Å². The Balaban J connectivity index is -0.000000845.